The SMILES string of the molecule is CC(C)c1ccc2nc(N3C(=O)c4oc5ccccc5c(=O)c4C3c3ccccc3F)sc2c1. The Bertz CT molecular complexity index is 1670. The van der Waals surface area contributed by atoms with Gasteiger partial charge in [-0.25, -0.2) is 9.37 Å². The van der Waals surface area contributed by atoms with Gasteiger partial charge in [0.2, 0.25) is 5.76 Å². The number of carbonyl (C=O) groups excluding carboxylic acids is 1. The fraction of sp³-hybridized carbons (Fsp3) is 0.148. The molecule has 0 aliphatic carbocycles. The van der Waals surface area contributed by atoms with Crippen molar-refractivity contribution in [1.82, 2.24) is 4.98 Å². The van der Waals surface area contributed by atoms with E-state index in [0.29, 0.717) is 22.0 Å². The van der Waals surface area contributed by atoms with Gasteiger partial charge < -0.3 is 4.42 Å². The molecular formula is C27H19FN2O3S. The zero-order valence-electron chi connectivity index (χ0n) is 18.4. The van der Waals surface area contributed by atoms with E-state index in [1.807, 2.05) is 12.1 Å². The molecule has 6 rings (SSSR count). The number of fused-ring (bicyclic) bond motifs is 3. The predicted octanol–water partition coefficient (Wildman–Crippen LogP) is 6.42. The van der Waals surface area contributed by atoms with E-state index in [1.54, 1.807) is 42.5 Å². The van der Waals surface area contributed by atoms with Crippen LogP contribution < -0.4 is 10.3 Å². The van der Waals surface area contributed by atoms with Crippen LogP contribution in [-0.2, 0) is 0 Å². The van der Waals surface area contributed by atoms with E-state index >= 15 is 4.39 Å². The molecule has 34 heavy (non-hydrogen) atoms. The van der Waals surface area contributed by atoms with Crippen LogP contribution in [0.4, 0.5) is 9.52 Å². The van der Waals surface area contributed by atoms with E-state index in [0.717, 1.165) is 15.8 Å². The molecule has 1 unspecified atom stereocenters. The lowest BCUT2D eigenvalue weighted by atomic mass is 9.98. The zero-order chi connectivity index (χ0) is 23.6. The molecule has 1 aliphatic rings. The van der Waals surface area contributed by atoms with Crippen molar-refractivity contribution in [3.8, 4) is 0 Å². The Morgan fingerprint density at radius 2 is 1.79 bits per heavy atom. The molecule has 3 aromatic carbocycles. The second-order valence-corrected chi connectivity index (χ2v) is 9.66. The third-order valence-corrected chi connectivity index (χ3v) is 7.27. The maximum Gasteiger partial charge on any atom is 0.297 e. The van der Waals surface area contributed by atoms with Crippen molar-refractivity contribution >= 4 is 43.6 Å². The minimum atomic E-state index is -0.977. The first kappa shape index (κ1) is 20.7. The smallest absolute Gasteiger partial charge is 0.297 e. The highest BCUT2D eigenvalue weighted by atomic mass is 32.1. The van der Waals surface area contributed by atoms with Crippen LogP contribution in [0.5, 0.6) is 0 Å². The highest BCUT2D eigenvalue weighted by molar-refractivity contribution is 7.22. The molecule has 2 aromatic heterocycles. The van der Waals surface area contributed by atoms with Crippen LogP contribution >= 0.6 is 11.3 Å². The monoisotopic (exact) mass is 470 g/mol. The summed E-state index contributed by atoms with van der Waals surface area (Å²) in [5, 5.41) is 0.743. The Kier molecular flexibility index (Phi) is 4.64. The number of anilines is 1. The Labute approximate surface area is 198 Å². The average Bonchev–Trinajstić information content (AvgIpc) is 3.38. The van der Waals surface area contributed by atoms with E-state index in [9.17, 15) is 9.59 Å². The van der Waals surface area contributed by atoms with E-state index < -0.39 is 17.8 Å². The Hall–Kier alpha value is -3.84. The van der Waals surface area contributed by atoms with Gasteiger partial charge in [0.15, 0.2) is 10.6 Å². The van der Waals surface area contributed by atoms with Crippen molar-refractivity contribution in [1.29, 1.82) is 0 Å². The molecule has 1 atom stereocenters. The molecular weight excluding hydrogens is 451 g/mol. The van der Waals surface area contributed by atoms with Crippen LogP contribution in [0.15, 0.2) is 75.9 Å². The second-order valence-electron chi connectivity index (χ2n) is 8.65. The summed E-state index contributed by atoms with van der Waals surface area (Å²) in [5.74, 6) is -0.740. The Morgan fingerprint density at radius 3 is 2.59 bits per heavy atom. The molecule has 1 amide bonds. The Balaban J connectivity index is 1.62. The lowest BCUT2D eigenvalue weighted by molar-refractivity contribution is 0.0971. The maximum absolute atomic E-state index is 15.1. The van der Waals surface area contributed by atoms with Gasteiger partial charge in [0, 0.05) is 5.56 Å². The molecule has 0 fully saturated rings. The molecule has 0 bridgehead atoms. The van der Waals surface area contributed by atoms with Gasteiger partial charge in [-0.2, -0.15) is 0 Å². The largest absolute Gasteiger partial charge is 0.450 e. The number of carbonyl (C=O) groups is 1. The summed E-state index contributed by atoms with van der Waals surface area (Å²) in [6.07, 6.45) is 0. The lowest BCUT2D eigenvalue weighted by Crippen LogP contribution is -2.30. The standard InChI is InChI=1S/C27H19FN2O3S/c1-14(2)15-11-12-19-21(13-15)34-27(29-19)30-23(16-7-3-5-9-18(16)28)22-24(31)17-8-4-6-10-20(17)33-25(22)26(30)32/h3-14,23H,1-2H3. The molecule has 0 N–H and O–H groups in total. The summed E-state index contributed by atoms with van der Waals surface area (Å²) in [7, 11) is 0. The number of para-hydroxylation sites is 1. The van der Waals surface area contributed by atoms with Gasteiger partial charge >= 0.3 is 0 Å². The van der Waals surface area contributed by atoms with Crippen LogP contribution in [0, 0.1) is 5.82 Å². The van der Waals surface area contributed by atoms with Crippen LogP contribution in [0.3, 0.4) is 0 Å². The van der Waals surface area contributed by atoms with Gasteiger partial charge in [-0.1, -0.05) is 61.6 Å². The van der Waals surface area contributed by atoms with Crippen molar-refractivity contribution in [3.63, 3.8) is 0 Å². The number of amides is 1. The van der Waals surface area contributed by atoms with Gasteiger partial charge in [0.25, 0.3) is 5.91 Å². The summed E-state index contributed by atoms with van der Waals surface area (Å²) in [6, 6.07) is 18.0. The lowest BCUT2D eigenvalue weighted by Gasteiger charge is -2.22. The number of nitrogens with zero attached hydrogens (tertiary/aromatic N) is 2. The first-order chi connectivity index (χ1) is 16.4. The maximum atomic E-state index is 15.1. The molecule has 0 spiro atoms. The normalized spacial score (nSPS) is 15.6. The second kappa shape index (κ2) is 7.60. The number of hydrogen-bond acceptors (Lipinski definition) is 5. The van der Waals surface area contributed by atoms with Crippen LogP contribution in [0.2, 0.25) is 0 Å². The van der Waals surface area contributed by atoms with Crippen molar-refractivity contribution < 1.29 is 13.6 Å². The molecule has 0 radical (unpaired) electrons. The highest BCUT2D eigenvalue weighted by Crippen LogP contribution is 2.44. The summed E-state index contributed by atoms with van der Waals surface area (Å²) < 4.78 is 21.9. The van der Waals surface area contributed by atoms with Crippen LogP contribution in [0.25, 0.3) is 21.2 Å². The van der Waals surface area contributed by atoms with Gasteiger partial charge in [-0.15, -0.1) is 0 Å². The molecule has 0 saturated carbocycles. The van der Waals surface area contributed by atoms with E-state index in [1.165, 1.54) is 22.3 Å². The first-order valence-corrected chi connectivity index (χ1v) is 11.8. The zero-order valence-corrected chi connectivity index (χ0v) is 19.2. The first-order valence-electron chi connectivity index (χ1n) is 11.0. The summed E-state index contributed by atoms with van der Waals surface area (Å²) in [4.78, 5) is 33.3. The van der Waals surface area contributed by atoms with E-state index in [-0.39, 0.29) is 22.3 Å². The van der Waals surface area contributed by atoms with E-state index in [4.69, 9.17) is 9.40 Å². The molecule has 3 heterocycles. The fourth-order valence-corrected chi connectivity index (χ4v) is 5.54. The number of thiazole rings is 1. The summed E-state index contributed by atoms with van der Waals surface area (Å²) in [6.45, 7) is 4.22. The van der Waals surface area contributed by atoms with Gasteiger partial charge in [0.05, 0.1) is 21.2 Å². The molecule has 5 nitrogen and oxygen atoms in total. The summed E-state index contributed by atoms with van der Waals surface area (Å²) >= 11 is 1.34. The number of aromatic nitrogens is 1. The summed E-state index contributed by atoms with van der Waals surface area (Å²) in [5.41, 5.74) is 2.23. The fourth-order valence-electron chi connectivity index (χ4n) is 4.50. The van der Waals surface area contributed by atoms with Crippen molar-refractivity contribution in [3.05, 3.63) is 105 Å². The highest BCUT2D eigenvalue weighted by Gasteiger charge is 2.45. The van der Waals surface area contributed by atoms with Crippen molar-refractivity contribution in [2.45, 2.75) is 25.8 Å². The van der Waals surface area contributed by atoms with Gasteiger partial charge in [-0.05, 0) is 41.8 Å². The van der Waals surface area contributed by atoms with Crippen LogP contribution in [-0.4, -0.2) is 10.9 Å². The molecule has 0 saturated heterocycles. The number of hydrogen-bond donors (Lipinski definition) is 0. The minimum Gasteiger partial charge on any atom is -0.450 e. The molecule has 168 valence electrons. The number of halogens is 1. The molecule has 5 aromatic rings. The molecule has 1 aliphatic heterocycles. The van der Waals surface area contributed by atoms with Crippen molar-refractivity contribution in [2.75, 3.05) is 4.90 Å². The topological polar surface area (TPSA) is 63.4 Å². The van der Waals surface area contributed by atoms with Gasteiger partial charge in [-0.3, -0.25) is 14.5 Å². The third kappa shape index (κ3) is 3.00. The van der Waals surface area contributed by atoms with Crippen LogP contribution in [0.1, 0.15) is 53.1 Å². The third-order valence-electron chi connectivity index (χ3n) is 6.25. The minimum absolute atomic E-state index is 0.0703. The predicted molar refractivity (Wildman–Crippen MR) is 131 cm³/mol. The Morgan fingerprint density at radius 1 is 1.03 bits per heavy atom. The van der Waals surface area contributed by atoms with Crippen molar-refractivity contribution in [2.24, 2.45) is 0 Å². The van der Waals surface area contributed by atoms with Gasteiger partial charge in [0.1, 0.15) is 17.4 Å². The molecule has 7 heteroatoms. The van der Waals surface area contributed by atoms with E-state index in [2.05, 4.69) is 19.9 Å². The number of rotatable bonds is 3. The number of benzene rings is 3. The quantitative estimate of drug-likeness (QED) is 0.305. The average molecular weight is 471 g/mol.